The van der Waals surface area contributed by atoms with Gasteiger partial charge >= 0.3 is 0 Å². The Morgan fingerprint density at radius 1 is 1.14 bits per heavy atom. The minimum atomic E-state index is -0.780. The van der Waals surface area contributed by atoms with Crippen LogP contribution in [-0.2, 0) is 0 Å². The molecule has 0 aromatic heterocycles. The van der Waals surface area contributed by atoms with Gasteiger partial charge in [0.2, 0.25) is 0 Å². The largest absolute Gasteiger partial charge is 0.396 e. The molecule has 2 atom stereocenters. The van der Waals surface area contributed by atoms with Gasteiger partial charge in [0.15, 0.2) is 0 Å². The molecule has 1 rings (SSSR count). The molecule has 2 heteroatoms. The topological polar surface area (TPSA) is 40.5 Å². The second kappa shape index (κ2) is 4.28. The van der Waals surface area contributed by atoms with Crippen LogP contribution in [0.1, 0.15) is 32.1 Å². The van der Waals surface area contributed by atoms with Gasteiger partial charge in [0.1, 0.15) is 0 Å². The third kappa shape index (κ3) is 1.64. The third-order valence-corrected chi connectivity index (χ3v) is 3.55. The van der Waals surface area contributed by atoms with Gasteiger partial charge in [-0.15, -0.1) is 13.2 Å². The van der Waals surface area contributed by atoms with Gasteiger partial charge in [-0.05, 0) is 32.1 Å². The molecule has 0 saturated heterocycles. The molecular weight excluding hydrogens is 176 g/mol. The number of aliphatic hydroxyl groups is 2. The maximum absolute atomic E-state index is 10.5. The van der Waals surface area contributed by atoms with Gasteiger partial charge in [-0.3, -0.25) is 0 Å². The van der Waals surface area contributed by atoms with Crippen LogP contribution in [0.15, 0.2) is 25.3 Å². The average molecular weight is 196 g/mol. The molecule has 80 valence electrons. The van der Waals surface area contributed by atoms with Crippen LogP contribution in [0, 0.1) is 5.41 Å². The highest BCUT2D eigenvalue weighted by atomic mass is 16.3. The van der Waals surface area contributed by atoms with Crippen molar-refractivity contribution in [1.29, 1.82) is 0 Å². The van der Waals surface area contributed by atoms with Crippen molar-refractivity contribution in [3.8, 4) is 0 Å². The number of allylic oxidation sites excluding steroid dienone is 1. The zero-order chi connectivity index (χ0) is 10.7. The first-order valence-corrected chi connectivity index (χ1v) is 5.19. The lowest BCUT2D eigenvalue weighted by Gasteiger charge is -2.40. The standard InChI is InChI=1S/C12H20O2/c1-3-6-11(10-13)8-5-9-12(11,14)7-4-2/h3-4,13-14H,1-2,5-10H2/t11-,12+/m0/s1. The molecule has 0 heterocycles. The van der Waals surface area contributed by atoms with Crippen LogP contribution in [0.2, 0.25) is 0 Å². The van der Waals surface area contributed by atoms with E-state index >= 15 is 0 Å². The minimum absolute atomic E-state index is 0.0311. The zero-order valence-corrected chi connectivity index (χ0v) is 8.71. The zero-order valence-electron chi connectivity index (χ0n) is 8.71. The van der Waals surface area contributed by atoms with E-state index in [-0.39, 0.29) is 12.0 Å². The van der Waals surface area contributed by atoms with Gasteiger partial charge < -0.3 is 10.2 Å². The van der Waals surface area contributed by atoms with Crippen LogP contribution in [0.4, 0.5) is 0 Å². The Morgan fingerprint density at radius 3 is 2.29 bits per heavy atom. The van der Waals surface area contributed by atoms with E-state index in [9.17, 15) is 10.2 Å². The average Bonchev–Trinajstić information content (AvgIpc) is 2.46. The SMILES string of the molecule is C=CC[C@@]1(O)CCC[C@]1(CO)CC=C. The van der Waals surface area contributed by atoms with Crippen LogP contribution in [-0.4, -0.2) is 22.4 Å². The summed E-state index contributed by atoms with van der Waals surface area (Å²) in [5, 5.41) is 19.9. The van der Waals surface area contributed by atoms with Crippen LogP contribution < -0.4 is 0 Å². The Labute approximate surface area is 86.0 Å². The Morgan fingerprint density at radius 2 is 1.79 bits per heavy atom. The molecule has 0 amide bonds. The fraction of sp³-hybridized carbons (Fsp3) is 0.667. The second-order valence-electron chi connectivity index (χ2n) is 4.31. The van der Waals surface area contributed by atoms with Crippen molar-refractivity contribution in [2.45, 2.75) is 37.7 Å². The molecule has 2 N–H and O–H groups in total. The lowest BCUT2D eigenvalue weighted by molar-refractivity contribution is -0.0834. The van der Waals surface area contributed by atoms with Crippen LogP contribution >= 0.6 is 0 Å². The van der Waals surface area contributed by atoms with Crippen LogP contribution in [0.25, 0.3) is 0 Å². The van der Waals surface area contributed by atoms with Crippen LogP contribution in [0.5, 0.6) is 0 Å². The molecule has 0 radical (unpaired) electrons. The molecule has 2 nitrogen and oxygen atoms in total. The highest BCUT2D eigenvalue weighted by Crippen LogP contribution is 2.50. The lowest BCUT2D eigenvalue weighted by Crippen LogP contribution is -2.45. The highest BCUT2D eigenvalue weighted by molar-refractivity contribution is 5.08. The maximum Gasteiger partial charge on any atom is 0.0762 e. The fourth-order valence-electron chi connectivity index (χ4n) is 2.63. The molecule has 1 fully saturated rings. The van der Waals surface area contributed by atoms with Gasteiger partial charge in [0.05, 0.1) is 12.2 Å². The first-order chi connectivity index (χ1) is 6.64. The van der Waals surface area contributed by atoms with E-state index in [1.54, 1.807) is 12.2 Å². The van der Waals surface area contributed by atoms with E-state index in [0.717, 1.165) is 19.3 Å². The normalized spacial score (nSPS) is 37.0. The summed E-state index contributed by atoms with van der Waals surface area (Å²) in [6, 6.07) is 0. The van der Waals surface area contributed by atoms with Gasteiger partial charge in [-0.25, -0.2) is 0 Å². The summed E-state index contributed by atoms with van der Waals surface area (Å²) in [6.45, 7) is 7.39. The number of hydrogen-bond acceptors (Lipinski definition) is 2. The fourth-order valence-corrected chi connectivity index (χ4v) is 2.63. The monoisotopic (exact) mass is 196 g/mol. The van der Waals surface area contributed by atoms with E-state index in [0.29, 0.717) is 12.8 Å². The molecule has 0 aromatic rings. The minimum Gasteiger partial charge on any atom is -0.396 e. The van der Waals surface area contributed by atoms with Gasteiger partial charge in [0.25, 0.3) is 0 Å². The van der Waals surface area contributed by atoms with E-state index in [1.165, 1.54) is 0 Å². The van der Waals surface area contributed by atoms with E-state index in [4.69, 9.17) is 0 Å². The Kier molecular flexibility index (Phi) is 3.51. The predicted molar refractivity (Wildman–Crippen MR) is 57.9 cm³/mol. The Hall–Kier alpha value is -0.600. The summed E-state index contributed by atoms with van der Waals surface area (Å²) in [5.74, 6) is 0. The van der Waals surface area contributed by atoms with Gasteiger partial charge in [-0.1, -0.05) is 12.2 Å². The summed E-state index contributed by atoms with van der Waals surface area (Å²) in [6.07, 6.45) is 7.36. The Bertz CT molecular complexity index is 224. The van der Waals surface area contributed by atoms with Gasteiger partial charge in [0, 0.05) is 5.41 Å². The summed E-state index contributed by atoms with van der Waals surface area (Å²) >= 11 is 0. The van der Waals surface area contributed by atoms with E-state index in [1.807, 2.05) is 0 Å². The van der Waals surface area contributed by atoms with Crippen molar-refractivity contribution in [2.75, 3.05) is 6.61 Å². The Balaban J connectivity index is 2.91. The quantitative estimate of drug-likeness (QED) is 0.660. The van der Waals surface area contributed by atoms with E-state index in [2.05, 4.69) is 13.2 Å². The van der Waals surface area contributed by atoms with Crippen molar-refractivity contribution < 1.29 is 10.2 Å². The predicted octanol–water partition coefficient (Wildman–Crippen LogP) is 2.03. The highest BCUT2D eigenvalue weighted by Gasteiger charge is 2.51. The molecule has 0 aliphatic heterocycles. The third-order valence-electron chi connectivity index (χ3n) is 3.55. The smallest absolute Gasteiger partial charge is 0.0762 e. The number of hydrogen-bond donors (Lipinski definition) is 2. The van der Waals surface area contributed by atoms with Crippen molar-refractivity contribution >= 4 is 0 Å². The molecule has 14 heavy (non-hydrogen) atoms. The second-order valence-corrected chi connectivity index (χ2v) is 4.31. The first-order valence-electron chi connectivity index (χ1n) is 5.19. The van der Waals surface area contributed by atoms with Crippen molar-refractivity contribution in [3.63, 3.8) is 0 Å². The summed E-state index contributed by atoms with van der Waals surface area (Å²) in [7, 11) is 0. The number of aliphatic hydroxyl groups excluding tert-OH is 1. The van der Waals surface area contributed by atoms with Crippen molar-refractivity contribution in [1.82, 2.24) is 0 Å². The molecule has 0 unspecified atom stereocenters. The van der Waals surface area contributed by atoms with Gasteiger partial charge in [-0.2, -0.15) is 0 Å². The molecular formula is C12H20O2. The molecule has 1 aliphatic carbocycles. The maximum atomic E-state index is 10.5. The molecule has 1 aliphatic rings. The summed E-state index contributed by atoms with van der Waals surface area (Å²) in [5.41, 5.74) is -1.17. The van der Waals surface area contributed by atoms with Crippen LogP contribution in [0.3, 0.4) is 0 Å². The van der Waals surface area contributed by atoms with E-state index < -0.39 is 5.60 Å². The summed E-state index contributed by atoms with van der Waals surface area (Å²) in [4.78, 5) is 0. The molecule has 1 saturated carbocycles. The number of rotatable bonds is 5. The summed E-state index contributed by atoms with van der Waals surface area (Å²) < 4.78 is 0. The molecule has 0 bridgehead atoms. The molecule has 0 spiro atoms. The lowest BCUT2D eigenvalue weighted by atomic mass is 9.71. The first kappa shape index (κ1) is 11.5. The van der Waals surface area contributed by atoms with Crippen molar-refractivity contribution in [2.24, 2.45) is 5.41 Å². The molecule has 0 aromatic carbocycles. The van der Waals surface area contributed by atoms with Crippen molar-refractivity contribution in [3.05, 3.63) is 25.3 Å².